The van der Waals surface area contributed by atoms with Gasteiger partial charge < -0.3 is 34.5 Å². The minimum Gasteiger partial charge on any atom is -0.493 e. The van der Waals surface area contributed by atoms with E-state index in [9.17, 15) is 9.59 Å². The van der Waals surface area contributed by atoms with Gasteiger partial charge in [-0.2, -0.15) is 0 Å². The van der Waals surface area contributed by atoms with E-state index in [0.29, 0.717) is 54.9 Å². The Kier molecular flexibility index (Phi) is 10.1. The summed E-state index contributed by atoms with van der Waals surface area (Å²) in [6.45, 7) is 6.46. The van der Waals surface area contributed by atoms with E-state index in [-0.39, 0.29) is 11.9 Å². The minimum absolute atomic E-state index is 0.0994. The molecule has 0 aromatic heterocycles. The van der Waals surface area contributed by atoms with Crippen LogP contribution in [0.4, 0.5) is 10.5 Å². The zero-order valence-electron chi connectivity index (χ0n) is 20.6. The highest BCUT2D eigenvalue weighted by Crippen LogP contribution is 2.40. The minimum atomic E-state index is -0.180. The van der Waals surface area contributed by atoms with Crippen molar-refractivity contribution >= 4 is 17.6 Å². The van der Waals surface area contributed by atoms with E-state index in [1.807, 2.05) is 0 Å². The molecular weight excluding hydrogens is 440 g/mol. The second-order valence-corrected chi connectivity index (χ2v) is 8.64. The van der Waals surface area contributed by atoms with Crippen LogP contribution in [0.3, 0.4) is 0 Å². The van der Waals surface area contributed by atoms with Gasteiger partial charge in [-0.05, 0) is 31.7 Å². The summed E-state index contributed by atoms with van der Waals surface area (Å²) >= 11 is 0. The molecule has 2 saturated heterocycles. The van der Waals surface area contributed by atoms with Gasteiger partial charge in [0, 0.05) is 51.3 Å². The third-order valence-electron chi connectivity index (χ3n) is 6.37. The standard InChI is InChI=1S/C24H38N4O6/c1-31-20-16-19(17-21(32-2)23(20)33-3)26-24(30)28-9-5-18(6-10-28)15-22(29)25-7-4-8-27-11-13-34-14-12-27/h16-18H,4-15H2,1-3H3,(H,25,29)(H,26,30). The Morgan fingerprint density at radius 3 is 2.24 bits per heavy atom. The molecule has 1 aromatic rings. The lowest BCUT2D eigenvalue weighted by molar-refractivity contribution is -0.122. The Labute approximate surface area is 201 Å². The highest BCUT2D eigenvalue weighted by atomic mass is 16.5. The summed E-state index contributed by atoms with van der Waals surface area (Å²) in [5, 5.41) is 5.95. The predicted octanol–water partition coefficient (Wildman–Crippen LogP) is 2.18. The second kappa shape index (κ2) is 13.2. The molecule has 0 unspecified atom stereocenters. The first kappa shape index (κ1) is 25.9. The average molecular weight is 479 g/mol. The van der Waals surface area contributed by atoms with Gasteiger partial charge >= 0.3 is 6.03 Å². The molecule has 2 aliphatic heterocycles. The second-order valence-electron chi connectivity index (χ2n) is 8.64. The largest absolute Gasteiger partial charge is 0.493 e. The topological polar surface area (TPSA) is 102 Å². The Morgan fingerprint density at radius 1 is 1.00 bits per heavy atom. The summed E-state index contributed by atoms with van der Waals surface area (Å²) in [5.41, 5.74) is 0.568. The van der Waals surface area contributed by atoms with Crippen molar-refractivity contribution < 1.29 is 28.5 Å². The highest BCUT2D eigenvalue weighted by Gasteiger charge is 2.25. The summed E-state index contributed by atoms with van der Waals surface area (Å²) < 4.78 is 21.4. The molecule has 10 heteroatoms. The number of methoxy groups -OCH3 is 3. The van der Waals surface area contributed by atoms with Crippen LogP contribution in [0, 0.1) is 5.92 Å². The number of benzene rings is 1. The van der Waals surface area contributed by atoms with Gasteiger partial charge in [0.25, 0.3) is 0 Å². The molecule has 0 bridgehead atoms. The number of urea groups is 1. The van der Waals surface area contributed by atoms with Crippen molar-refractivity contribution in [2.24, 2.45) is 5.92 Å². The number of rotatable bonds is 10. The molecule has 34 heavy (non-hydrogen) atoms. The van der Waals surface area contributed by atoms with Crippen molar-refractivity contribution in [3.8, 4) is 17.2 Å². The molecule has 190 valence electrons. The van der Waals surface area contributed by atoms with Crippen molar-refractivity contribution in [2.75, 3.05) is 79.1 Å². The maximum Gasteiger partial charge on any atom is 0.321 e. The fourth-order valence-corrected chi connectivity index (χ4v) is 4.39. The van der Waals surface area contributed by atoms with Gasteiger partial charge in [0.05, 0.1) is 40.2 Å². The van der Waals surface area contributed by atoms with Gasteiger partial charge in [-0.3, -0.25) is 9.69 Å². The van der Waals surface area contributed by atoms with Gasteiger partial charge in [0.15, 0.2) is 11.5 Å². The van der Waals surface area contributed by atoms with Crippen molar-refractivity contribution in [3.05, 3.63) is 12.1 Å². The van der Waals surface area contributed by atoms with Gasteiger partial charge in [0.1, 0.15) is 0 Å². The van der Waals surface area contributed by atoms with Crippen LogP contribution in [0.25, 0.3) is 0 Å². The highest BCUT2D eigenvalue weighted by molar-refractivity contribution is 5.90. The third-order valence-corrected chi connectivity index (χ3v) is 6.37. The van der Waals surface area contributed by atoms with Crippen LogP contribution in [0.2, 0.25) is 0 Å². The quantitative estimate of drug-likeness (QED) is 0.497. The molecular formula is C24H38N4O6. The fraction of sp³-hybridized carbons (Fsp3) is 0.667. The Hall–Kier alpha value is -2.72. The molecule has 2 N–H and O–H groups in total. The van der Waals surface area contributed by atoms with Crippen LogP contribution in [0.15, 0.2) is 12.1 Å². The van der Waals surface area contributed by atoms with E-state index in [4.69, 9.17) is 18.9 Å². The average Bonchev–Trinajstić information content (AvgIpc) is 2.87. The van der Waals surface area contributed by atoms with Gasteiger partial charge in [-0.15, -0.1) is 0 Å². The number of ether oxygens (including phenoxy) is 4. The summed E-state index contributed by atoms with van der Waals surface area (Å²) in [7, 11) is 4.61. The molecule has 0 spiro atoms. The first-order valence-corrected chi connectivity index (χ1v) is 12.0. The SMILES string of the molecule is COc1cc(NC(=O)N2CCC(CC(=O)NCCCN3CCOCC3)CC2)cc(OC)c1OC. The van der Waals surface area contributed by atoms with Crippen LogP contribution in [-0.2, 0) is 9.53 Å². The number of piperidine rings is 1. The molecule has 0 atom stereocenters. The van der Waals surface area contributed by atoms with E-state index < -0.39 is 0 Å². The van der Waals surface area contributed by atoms with Crippen LogP contribution in [0.1, 0.15) is 25.7 Å². The molecule has 3 rings (SSSR count). The van der Waals surface area contributed by atoms with E-state index in [1.54, 1.807) is 17.0 Å². The Bertz CT molecular complexity index is 782. The maximum atomic E-state index is 12.8. The van der Waals surface area contributed by atoms with E-state index in [0.717, 1.165) is 52.1 Å². The number of carbonyl (C=O) groups excluding carboxylic acids is 2. The first-order chi connectivity index (χ1) is 16.5. The molecule has 0 saturated carbocycles. The van der Waals surface area contributed by atoms with Crippen LogP contribution < -0.4 is 24.8 Å². The van der Waals surface area contributed by atoms with Crippen molar-refractivity contribution in [1.29, 1.82) is 0 Å². The Balaban J connectivity index is 1.38. The van der Waals surface area contributed by atoms with Crippen molar-refractivity contribution in [3.63, 3.8) is 0 Å². The van der Waals surface area contributed by atoms with Gasteiger partial charge in [-0.1, -0.05) is 0 Å². The number of hydrogen-bond acceptors (Lipinski definition) is 7. The zero-order valence-corrected chi connectivity index (χ0v) is 20.6. The van der Waals surface area contributed by atoms with Crippen molar-refractivity contribution in [1.82, 2.24) is 15.1 Å². The summed E-state index contributed by atoms with van der Waals surface area (Å²) in [5.74, 6) is 1.83. The molecule has 2 aliphatic rings. The fourth-order valence-electron chi connectivity index (χ4n) is 4.39. The number of hydrogen-bond donors (Lipinski definition) is 2. The van der Waals surface area contributed by atoms with E-state index in [2.05, 4.69) is 15.5 Å². The van der Waals surface area contributed by atoms with Crippen molar-refractivity contribution in [2.45, 2.75) is 25.7 Å². The van der Waals surface area contributed by atoms with E-state index in [1.165, 1.54) is 21.3 Å². The predicted molar refractivity (Wildman–Crippen MR) is 129 cm³/mol. The van der Waals surface area contributed by atoms with Gasteiger partial charge in [-0.25, -0.2) is 4.79 Å². The third kappa shape index (κ3) is 7.39. The van der Waals surface area contributed by atoms with Crippen LogP contribution in [0.5, 0.6) is 17.2 Å². The molecule has 1 aromatic carbocycles. The number of carbonyl (C=O) groups is 2. The molecule has 2 fully saturated rings. The first-order valence-electron chi connectivity index (χ1n) is 12.0. The normalized spacial score (nSPS) is 17.2. The smallest absolute Gasteiger partial charge is 0.321 e. The molecule has 2 heterocycles. The van der Waals surface area contributed by atoms with Gasteiger partial charge in [0.2, 0.25) is 11.7 Å². The molecule has 0 radical (unpaired) electrons. The number of amides is 3. The summed E-state index contributed by atoms with van der Waals surface area (Å²) in [4.78, 5) is 29.2. The van der Waals surface area contributed by atoms with E-state index >= 15 is 0 Å². The number of nitrogens with one attached hydrogen (secondary N) is 2. The lowest BCUT2D eigenvalue weighted by Gasteiger charge is -2.32. The number of likely N-dealkylation sites (tertiary alicyclic amines) is 1. The number of anilines is 1. The molecule has 0 aliphatic carbocycles. The van der Waals surface area contributed by atoms with Crippen LogP contribution in [-0.4, -0.2) is 95.5 Å². The summed E-state index contributed by atoms with van der Waals surface area (Å²) in [6.07, 6.45) is 3.08. The number of nitrogens with zero attached hydrogens (tertiary/aromatic N) is 2. The zero-order chi connectivity index (χ0) is 24.3. The lowest BCUT2D eigenvalue weighted by atomic mass is 9.93. The number of morpholine rings is 1. The monoisotopic (exact) mass is 478 g/mol. The maximum absolute atomic E-state index is 12.8. The molecule has 10 nitrogen and oxygen atoms in total. The molecule has 3 amide bonds. The van der Waals surface area contributed by atoms with Crippen LogP contribution >= 0.6 is 0 Å². The lowest BCUT2D eigenvalue weighted by Crippen LogP contribution is -2.42. The summed E-state index contributed by atoms with van der Waals surface area (Å²) in [6, 6.07) is 3.23. The Morgan fingerprint density at radius 2 is 1.65 bits per heavy atom.